The molecular formula is C50H33NO. The van der Waals surface area contributed by atoms with Crippen LogP contribution in [0.3, 0.4) is 0 Å². The van der Waals surface area contributed by atoms with E-state index >= 15 is 0 Å². The Kier molecular flexibility index (Phi) is 7.18. The quantitative estimate of drug-likeness (QED) is 0.165. The summed E-state index contributed by atoms with van der Waals surface area (Å²) in [5, 5.41) is 7.04. The molecule has 10 rings (SSSR count). The van der Waals surface area contributed by atoms with Crippen LogP contribution in [0.2, 0.25) is 0 Å². The number of nitrogens with zero attached hydrogens (tertiary/aromatic N) is 1. The number of anilines is 3. The van der Waals surface area contributed by atoms with Gasteiger partial charge in [0.1, 0.15) is 11.2 Å². The van der Waals surface area contributed by atoms with Crippen LogP contribution in [0, 0.1) is 0 Å². The predicted octanol–water partition coefficient (Wildman–Crippen LogP) is 14.4. The smallest absolute Gasteiger partial charge is 0.135 e. The topological polar surface area (TPSA) is 16.4 Å². The summed E-state index contributed by atoms with van der Waals surface area (Å²) in [4.78, 5) is 2.45. The van der Waals surface area contributed by atoms with Crippen molar-refractivity contribution in [3.05, 3.63) is 200 Å². The first-order chi connectivity index (χ1) is 25.8. The number of rotatable bonds is 6. The Morgan fingerprint density at radius 1 is 0.308 bits per heavy atom. The Morgan fingerprint density at radius 2 is 0.865 bits per heavy atom. The van der Waals surface area contributed by atoms with Crippen molar-refractivity contribution in [2.24, 2.45) is 0 Å². The third-order valence-electron chi connectivity index (χ3n) is 10.2. The first kappa shape index (κ1) is 30.0. The van der Waals surface area contributed by atoms with Gasteiger partial charge >= 0.3 is 0 Å². The van der Waals surface area contributed by atoms with Gasteiger partial charge in [0.15, 0.2) is 0 Å². The van der Waals surface area contributed by atoms with Crippen molar-refractivity contribution in [1.29, 1.82) is 0 Å². The molecule has 0 amide bonds. The molecule has 1 aromatic heterocycles. The molecule has 0 aliphatic rings. The van der Waals surface area contributed by atoms with E-state index in [0.717, 1.165) is 39.0 Å². The van der Waals surface area contributed by atoms with Gasteiger partial charge in [0.25, 0.3) is 0 Å². The lowest BCUT2D eigenvalue weighted by Crippen LogP contribution is -2.12. The van der Waals surface area contributed by atoms with Gasteiger partial charge < -0.3 is 9.32 Å². The van der Waals surface area contributed by atoms with E-state index < -0.39 is 0 Å². The summed E-state index contributed by atoms with van der Waals surface area (Å²) >= 11 is 0. The molecule has 0 fully saturated rings. The van der Waals surface area contributed by atoms with E-state index in [1.807, 2.05) is 12.1 Å². The van der Waals surface area contributed by atoms with Crippen LogP contribution >= 0.6 is 0 Å². The van der Waals surface area contributed by atoms with E-state index in [-0.39, 0.29) is 0 Å². The Morgan fingerprint density at radius 3 is 1.60 bits per heavy atom. The molecule has 0 spiro atoms. The number of fused-ring (bicyclic) bond motifs is 6. The third kappa shape index (κ3) is 4.96. The molecular weight excluding hydrogens is 631 g/mol. The van der Waals surface area contributed by atoms with E-state index in [1.165, 1.54) is 54.9 Å². The van der Waals surface area contributed by atoms with Gasteiger partial charge in [-0.05, 0) is 86.4 Å². The first-order valence-corrected chi connectivity index (χ1v) is 17.8. The highest BCUT2D eigenvalue weighted by atomic mass is 16.3. The predicted molar refractivity (Wildman–Crippen MR) is 220 cm³/mol. The molecule has 2 heteroatoms. The van der Waals surface area contributed by atoms with Crippen LogP contribution in [0.25, 0.3) is 76.9 Å². The number of para-hydroxylation sites is 2. The van der Waals surface area contributed by atoms with Crippen molar-refractivity contribution in [3.8, 4) is 33.4 Å². The second-order valence-corrected chi connectivity index (χ2v) is 13.3. The molecule has 0 unspecified atom stereocenters. The zero-order valence-corrected chi connectivity index (χ0v) is 28.4. The van der Waals surface area contributed by atoms with Crippen LogP contribution in [0.1, 0.15) is 0 Å². The summed E-state index contributed by atoms with van der Waals surface area (Å²) in [6.07, 6.45) is 0. The molecule has 0 saturated carbocycles. The van der Waals surface area contributed by atoms with Gasteiger partial charge in [0, 0.05) is 33.1 Å². The molecule has 0 atom stereocenters. The highest BCUT2D eigenvalue weighted by Crippen LogP contribution is 2.52. The highest BCUT2D eigenvalue weighted by molar-refractivity contribution is 6.23. The second-order valence-electron chi connectivity index (χ2n) is 13.3. The summed E-state index contributed by atoms with van der Waals surface area (Å²) in [6.45, 7) is 0. The van der Waals surface area contributed by atoms with E-state index in [2.05, 4.69) is 193 Å². The summed E-state index contributed by atoms with van der Waals surface area (Å²) in [7, 11) is 0. The molecule has 10 aromatic rings. The Labute approximate surface area is 302 Å². The zero-order valence-electron chi connectivity index (χ0n) is 28.4. The monoisotopic (exact) mass is 663 g/mol. The average Bonchev–Trinajstić information content (AvgIpc) is 3.60. The van der Waals surface area contributed by atoms with Gasteiger partial charge in [-0.15, -0.1) is 0 Å². The molecule has 52 heavy (non-hydrogen) atoms. The maximum absolute atomic E-state index is 6.31. The summed E-state index contributed by atoms with van der Waals surface area (Å²) in [5.74, 6) is 0. The van der Waals surface area contributed by atoms with Crippen LogP contribution in [-0.4, -0.2) is 0 Å². The average molecular weight is 664 g/mol. The van der Waals surface area contributed by atoms with E-state index in [1.54, 1.807) is 0 Å². The van der Waals surface area contributed by atoms with E-state index in [0.29, 0.717) is 0 Å². The fraction of sp³-hybridized carbons (Fsp3) is 0. The maximum atomic E-state index is 6.31. The van der Waals surface area contributed by atoms with E-state index in [9.17, 15) is 0 Å². The van der Waals surface area contributed by atoms with Gasteiger partial charge in [0.2, 0.25) is 0 Å². The molecule has 0 N–H and O–H groups in total. The van der Waals surface area contributed by atoms with Crippen LogP contribution in [0.15, 0.2) is 205 Å². The molecule has 2 nitrogen and oxygen atoms in total. The highest BCUT2D eigenvalue weighted by Gasteiger charge is 2.26. The second kappa shape index (κ2) is 12.5. The summed E-state index contributed by atoms with van der Waals surface area (Å²) < 4.78 is 6.31. The van der Waals surface area contributed by atoms with E-state index in [4.69, 9.17) is 4.42 Å². The van der Waals surface area contributed by atoms with Crippen molar-refractivity contribution in [1.82, 2.24) is 0 Å². The number of benzene rings is 9. The molecule has 0 aliphatic carbocycles. The lowest BCUT2D eigenvalue weighted by atomic mass is 9.85. The van der Waals surface area contributed by atoms with Crippen molar-refractivity contribution in [2.75, 3.05) is 4.90 Å². The summed E-state index contributed by atoms with van der Waals surface area (Å²) in [5.41, 5.74) is 12.2. The van der Waals surface area contributed by atoms with Crippen molar-refractivity contribution in [3.63, 3.8) is 0 Å². The van der Waals surface area contributed by atoms with Crippen molar-refractivity contribution < 1.29 is 4.42 Å². The van der Waals surface area contributed by atoms with Gasteiger partial charge in [-0.3, -0.25) is 0 Å². The third-order valence-corrected chi connectivity index (χ3v) is 10.2. The molecule has 0 radical (unpaired) electrons. The maximum Gasteiger partial charge on any atom is 0.135 e. The van der Waals surface area contributed by atoms with Crippen molar-refractivity contribution in [2.45, 2.75) is 0 Å². The van der Waals surface area contributed by atoms with Crippen LogP contribution in [0.5, 0.6) is 0 Å². The molecule has 0 bridgehead atoms. The van der Waals surface area contributed by atoms with Gasteiger partial charge in [-0.25, -0.2) is 0 Å². The molecule has 0 saturated heterocycles. The van der Waals surface area contributed by atoms with Crippen LogP contribution in [0.4, 0.5) is 17.1 Å². The standard InChI is InChI=1S/C50H33NO/c1-4-16-34(17-5-1)36-28-30-43(45(32-36)35-18-6-2-7-19-35)49-42-25-12-10-22-39(42)40-23-11-13-26-44(40)50(49)51(37-20-8-3-9-21-37)38-29-31-48-46(33-38)41-24-14-15-27-47(41)52-48/h1-33H. The largest absolute Gasteiger partial charge is 0.456 e. The number of hydrogen-bond acceptors (Lipinski definition) is 2. The van der Waals surface area contributed by atoms with Crippen LogP contribution in [-0.2, 0) is 0 Å². The lowest BCUT2D eigenvalue weighted by molar-refractivity contribution is 0.669. The first-order valence-electron chi connectivity index (χ1n) is 17.8. The van der Waals surface area contributed by atoms with Crippen molar-refractivity contribution >= 4 is 60.5 Å². The van der Waals surface area contributed by atoms with Crippen LogP contribution < -0.4 is 4.90 Å². The molecule has 1 heterocycles. The Balaban J connectivity index is 1.35. The van der Waals surface area contributed by atoms with Gasteiger partial charge in [-0.1, -0.05) is 158 Å². The zero-order chi connectivity index (χ0) is 34.4. The fourth-order valence-corrected chi connectivity index (χ4v) is 7.89. The molecule has 244 valence electrons. The summed E-state index contributed by atoms with van der Waals surface area (Å²) in [6, 6.07) is 71.9. The molecule has 9 aromatic carbocycles. The minimum atomic E-state index is 0.879. The number of hydrogen-bond donors (Lipinski definition) is 0. The van der Waals surface area contributed by atoms with Gasteiger partial charge in [-0.2, -0.15) is 0 Å². The minimum Gasteiger partial charge on any atom is -0.456 e. The number of furan rings is 1. The Bertz CT molecular complexity index is 2890. The fourth-order valence-electron chi connectivity index (χ4n) is 7.89. The lowest BCUT2D eigenvalue weighted by Gasteiger charge is -2.31. The minimum absolute atomic E-state index is 0.879. The normalized spacial score (nSPS) is 11.5. The van der Waals surface area contributed by atoms with Gasteiger partial charge in [0.05, 0.1) is 5.69 Å². The SMILES string of the molecule is c1ccc(-c2ccc(-c3c(N(c4ccccc4)c4ccc5oc6ccccc6c5c4)c4ccccc4c4ccccc34)c(-c3ccccc3)c2)cc1. The Hall–Kier alpha value is -6.90. The molecule has 0 aliphatic heterocycles.